The summed E-state index contributed by atoms with van der Waals surface area (Å²) in [6, 6.07) is 9.37. The number of nitrogens with zero attached hydrogens (tertiary/aromatic N) is 1. The summed E-state index contributed by atoms with van der Waals surface area (Å²) in [5.41, 5.74) is 1.21. The lowest BCUT2D eigenvalue weighted by atomic mass is 9.97. The molecule has 3 N–H and O–H groups in total. The fourth-order valence-corrected chi connectivity index (χ4v) is 3.49. The highest BCUT2D eigenvalue weighted by Gasteiger charge is 2.39. The maximum Gasteiger partial charge on any atom is 0.337 e. The molecule has 0 aliphatic carbocycles. The molecule has 0 saturated heterocycles. The van der Waals surface area contributed by atoms with Gasteiger partial charge in [-0.3, -0.25) is 4.48 Å². The minimum absolute atomic E-state index is 0.0789. The zero-order valence-corrected chi connectivity index (χ0v) is 18.1. The average Bonchev–Trinajstić information content (AvgIpc) is 2.64. The number of likely N-dealkylation sites (N-methyl/N-ethyl adjacent to an activating group) is 1. The van der Waals surface area contributed by atoms with E-state index >= 15 is 0 Å². The van der Waals surface area contributed by atoms with Gasteiger partial charge >= 0.3 is 11.9 Å². The Morgan fingerprint density at radius 1 is 1.10 bits per heavy atom. The molecule has 0 aromatic heterocycles. The Balaban J connectivity index is 3.20. The molecule has 29 heavy (non-hydrogen) atoms. The van der Waals surface area contributed by atoms with E-state index in [1.54, 1.807) is 0 Å². The molecule has 0 aliphatic rings. The van der Waals surface area contributed by atoms with Crippen molar-refractivity contribution < 1.29 is 19.8 Å². The first-order valence-electron chi connectivity index (χ1n) is 9.87. The summed E-state index contributed by atoms with van der Waals surface area (Å²) < 4.78 is 0.338. The van der Waals surface area contributed by atoms with E-state index in [-0.39, 0.29) is 22.7 Å². The largest absolute Gasteiger partial charge is 0.478 e. The first-order valence-corrected chi connectivity index (χ1v) is 9.87. The van der Waals surface area contributed by atoms with E-state index in [1.807, 2.05) is 37.4 Å². The van der Waals surface area contributed by atoms with E-state index in [2.05, 4.69) is 39.2 Å². The minimum atomic E-state index is -1.01. The van der Waals surface area contributed by atoms with Crippen LogP contribution in [-0.4, -0.2) is 53.9 Å². The first kappa shape index (κ1) is 24.6. The number of carboxylic acid groups (broad SMARTS) is 2. The molecule has 6 heteroatoms. The Morgan fingerprint density at radius 3 is 2.17 bits per heavy atom. The predicted molar refractivity (Wildman–Crippen MR) is 118 cm³/mol. The highest BCUT2D eigenvalue weighted by atomic mass is 16.4. The number of hydrogen-bond donors (Lipinski definition) is 3. The third-order valence-electron chi connectivity index (χ3n) is 5.19. The molecule has 0 heterocycles. The van der Waals surface area contributed by atoms with Crippen molar-refractivity contribution in [2.45, 2.75) is 51.6 Å². The van der Waals surface area contributed by atoms with Gasteiger partial charge in [-0.05, 0) is 39.3 Å². The van der Waals surface area contributed by atoms with Crippen molar-refractivity contribution in [3.05, 3.63) is 54.6 Å². The summed E-state index contributed by atoms with van der Waals surface area (Å²) in [4.78, 5) is 22.9. The number of benzene rings is 1. The lowest BCUT2D eigenvalue weighted by molar-refractivity contribution is -0.134. The minimum Gasteiger partial charge on any atom is -0.478 e. The number of aliphatic carboxylic acids is 2. The Hall–Kier alpha value is -2.44. The second kappa shape index (κ2) is 10.4. The zero-order valence-electron chi connectivity index (χ0n) is 18.1. The van der Waals surface area contributed by atoms with Crippen LogP contribution in [-0.2, 0) is 9.59 Å². The van der Waals surface area contributed by atoms with Gasteiger partial charge in [-0.2, -0.15) is 0 Å². The number of quaternary nitrogens is 1. The SMILES string of the molecule is C=C(CCC[N+](C)(c1ccccc1)C(CCNC(C)(C)C)C(=C)C(=O)O)C(=O)O. The van der Waals surface area contributed by atoms with Gasteiger partial charge in [0.2, 0.25) is 0 Å². The van der Waals surface area contributed by atoms with E-state index in [0.29, 0.717) is 36.8 Å². The molecule has 0 aliphatic heterocycles. The van der Waals surface area contributed by atoms with Crippen LogP contribution in [0.1, 0.15) is 40.0 Å². The Bertz CT molecular complexity index is 737. The second-order valence-corrected chi connectivity index (χ2v) is 8.65. The molecule has 0 fully saturated rings. The lowest BCUT2D eigenvalue weighted by Crippen LogP contribution is -2.57. The number of carbonyl (C=O) groups is 2. The maximum absolute atomic E-state index is 11.8. The van der Waals surface area contributed by atoms with Crippen LogP contribution >= 0.6 is 0 Å². The molecule has 1 aromatic carbocycles. The van der Waals surface area contributed by atoms with Crippen molar-refractivity contribution in [3.63, 3.8) is 0 Å². The maximum atomic E-state index is 11.8. The molecule has 0 spiro atoms. The molecular formula is C23H35N2O4+. The monoisotopic (exact) mass is 403 g/mol. The number of para-hydroxylation sites is 1. The highest BCUT2D eigenvalue weighted by Crippen LogP contribution is 2.30. The van der Waals surface area contributed by atoms with Crippen LogP contribution in [0.5, 0.6) is 0 Å². The van der Waals surface area contributed by atoms with Gasteiger partial charge in [0.05, 0.1) is 19.2 Å². The summed E-state index contributed by atoms with van der Waals surface area (Å²) >= 11 is 0. The van der Waals surface area contributed by atoms with E-state index in [0.717, 1.165) is 5.69 Å². The summed E-state index contributed by atoms with van der Waals surface area (Å²) in [6.45, 7) is 14.9. The molecule has 1 rings (SSSR count). The van der Waals surface area contributed by atoms with E-state index in [9.17, 15) is 14.7 Å². The number of nitrogens with one attached hydrogen (secondary N) is 1. The molecule has 0 saturated carbocycles. The van der Waals surface area contributed by atoms with Crippen LogP contribution in [0.4, 0.5) is 5.69 Å². The summed E-state index contributed by atoms with van der Waals surface area (Å²) in [5.74, 6) is -2.01. The first-order chi connectivity index (χ1) is 13.4. The van der Waals surface area contributed by atoms with Crippen LogP contribution in [0, 0.1) is 0 Å². The van der Waals surface area contributed by atoms with Crippen molar-refractivity contribution in [2.24, 2.45) is 0 Å². The van der Waals surface area contributed by atoms with Crippen molar-refractivity contribution in [3.8, 4) is 0 Å². The van der Waals surface area contributed by atoms with Gasteiger partial charge in [0.15, 0.2) is 0 Å². The molecule has 0 amide bonds. The fraction of sp³-hybridized carbons (Fsp3) is 0.478. The number of carboxylic acids is 2. The average molecular weight is 404 g/mol. The van der Waals surface area contributed by atoms with Crippen LogP contribution in [0.25, 0.3) is 0 Å². The molecule has 0 bridgehead atoms. The third kappa shape index (κ3) is 7.48. The van der Waals surface area contributed by atoms with Gasteiger partial charge in [-0.25, -0.2) is 9.59 Å². The Kier molecular flexibility index (Phi) is 8.80. The smallest absolute Gasteiger partial charge is 0.337 e. The molecular weight excluding hydrogens is 368 g/mol. The summed E-state index contributed by atoms with van der Waals surface area (Å²) in [7, 11) is 1.99. The topological polar surface area (TPSA) is 86.6 Å². The number of rotatable bonds is 12. The Labute approximate surface area is 174 Å². The summed E-state index contributed by atoms with van der Waals surface area (Å²) in [5, 5.41) is 22.2. The van der Waals surface area contributed by atoms with Gasteiger partial charge in [0, 0.05) is 30.5 Å². The van der Waals surface area contributed by atoms with Crippen LogP contribution in [0.3, 0.4) is 0 Å². The van der Waals surface area contributed by atoms with E-state index < -0.39 is 11.9 Å². The van der Waals surface area contributed by atoms with Gasteiger partial charge in [-0.15, -0.1) is 0 Å². The lowest BCUT2D eigenvalue weighted by Gasteiger charge is -2.42. The molecule has 0 radical (unpaired) electrons. The standard InChI is InChI=1S/C23H34N2O4/c1-17(21(26)27)11-10-16-25(6,19-12-8-7-9-13-19)20(18(2)22(28)29)14-15-24-23(3,4)5/h7-9,12-13,20,24H,1-2,10-11,14-16H2,3-6H3,(H-,26,27,28,29)/p+1. The number of hydrogen-bond acceptors (Lipinski definition) is 3. The van der Waals surface area contributed by atoms with Crippen molar-refractivity contribution in [1.82, 2.24) is 9.80 Å². The Morgan fingerprint density at radius 2 is 1.69 bits per heavy atom. The van der Waals surface area contributed by atoms with E-state index in [4.69, 9.17) is 5.11 Å². The van der Waals surface area contributed by atoms with Crippen LogP contribution in [0.15, 0.2) is 54.6 Å². The highest BCUT2D eigenvalue weighted by molar-refractivity contribution is 5.88. The summed E-state index contributed by atoms with van der Waals surface area (Å²) in [6.07, 6.45) is 1.52. The third-order valence-corrected chi connectivity index (χ3v) is 5.19. The molecule has 2 atom stereocenters. The predicted octanol–water partition coefficient (Wildman–Crippen LogP) is 3.83. The van der Waals surface area contributed by atoms with Gasteiger partial charge in [-0.1, -0.05) is 31.4 Å². The van der Waals surface area contributed by atoms with Crippen molar-refractivity contribution in [1.29, 1.82) is 0 Å². The van der Waals surface area contributed by atoms with Crippen molar-refractivity contribution >= 4 is 17.6 Å². The second-order valence-electron chi connectivity index (χ2n) is 8.65. The van der Waals surface area contributed by atoms with Gasteiger partial charge in [0.1, 0.15) is 11.7 Å². The fourth-order valence-electron chi connectivity index (χ4n) is 3.49. The molecule has 6 nitrogen and oxygen atoms in total. The molecule has 2 unspecified atom stereocenters. The van der Waals surface area contributed by atoms with Crippen molar-refractivity contribution in [2.75, 3.05) is 20.1 Å². The quantitative estimate of drug-likeness (QED) is 0.365. The molecule has 160 valence electrons. The van der Waals surface area contributed by atoms with Gasteiger partial charge in [0.25, 0.3) is 0 Å². The molecule has 1 aromatic rings. The van der Waals surface area contributed by atoms with Crippen LogP contribution in [0.2, 0.25) is 0 Å². The van der Waals surface area contributed by atoms with Crippen LogP contribution < -0.4 is 9.80 Å². The van der Waals surface area contributed by atoms with Gasteiger partial charge < -0.3 is 15.5 Å². The normalized spacial score (nSPS) is 14.6. The zero-order chi connectivity index (χ0) is 22.2. The van der Waals surface area contributed by atoms with E-state index in [1.165, 1.54) is 0 Å².